The lowest BCUT2D eigenvalue weighted by molar-refractivity contribution is -0.132. The molecule has 3 heteroatoms. The quantitative estimate of drug-likeness (QED) is 0.497. The minimum absolute atomic E-state index is 0.278. The van der Waals surface area contributed by atoms with E-state index >= 15 is 0 Å². The summed E-state index contributed by atoms with van der Waals surface area (Å²) in [5.41, 5.74) is 0.278. The van der Waals surface area contributed by atoms with Gasteiger partial charge in [0, 0.05) is 10.6 Å². The van der Waals surface area contributed by atoms with Crippen molar-refractivity contribution in [2.45, 2.75) is 13.8 Å². The van der Waals surface area contributed by atoms with E-state index in [1.807, 2.05) is 0 Å². The van der Waals surface area contributed by atoms with Crippen molar-refractivity contribution in [3.8, 4) is 0 Å². The van der Waals surface area contributed by atoms with E-state index in [2.05, 4.69) is 0 Å². The smallest absolute Gasteiger partial charge is 0.331 e. The number of allylic oxidation sites excluding steroid dienone is 3. The lowest BCUT2D eigenvalue weighted by atomic mass is 10.3. The first kappa shape index (κ1) is 9.24. The summed E-state index contributed by atoms with van der Waals surface area (Å²) < 4.78 is 0. The number of halogens is 1. The molecule has 0 saturated heterocycles. The Kier molecular flexibility index (Phi) is 3.81. The van der Waals surface area contributed by atoms with Gasteiger partial charge in [-0.3, -0.25) is 0 Å². The van der Waals surface area contributed by atoms with Crippen LogP contribution in [0.4, 0.5) is 0 Å². The van der Waals surface area contributed by atoms with Crippen LogP contribution in [-0.4, -0.2) is 11.1 Å². The van der Waals surface area contributed by atoms with E-state index in [9.17, 15) is 4.79 Å². The van der Waals surface area contributed by atoms with Crippen LogP contribution in [0.5, 0.6) is 0 Å². The SMILES string of the molecule is C/C(Cl)=C\C=C(/C)C(=O)O. The van der Waals surface area contributed by atoms with E-state index in [1.165, 1.54) is 13.0 Å². The van der Waals surface area contributed by atoms with Gasteiger partial charge >= 0.3 is 5.97 Å². The molecular weight excluding hydrogens is 152 g/mol. The van der Waals surface area contributed by atoms with E-state index < -0.39 is 5.97 Å². The predicted octanol–water partition coefficient (Wildman–Crippen LogP) is 2.16. The van der Waals surface area contributed by atoms with Gasteiger partial charge in [0.25, 0.3) is 0 Å². The van der Waals surface area contributed by atoms with Crippen LogP contribution in [0, 0.1) is 0 Å². The normalized spacial score (nSPS) is 13.5. The highest BCUT2D eigenvalue weighted by Gasteiger charge is 1.95. The molecule has 0 aromatic carbocycles. The molecule has 56 valence electrons. The molecule has 0 atom stereocenters. The van der Waals surface area contributed by atoms with Gasteiger partial charge in [-0.2, -0.15) is 0 Å². The Bertz CT molecular complexity index is 188. The molecule has 0 rings (SSSR count). The van der Waals surface area contributed by atoms with Crippen LogP contribution < -0.4 is 0 Å². The summed E-state index contributed by atoms with van der Waals surface area (Å²) in [6.07, 6.45) is 3.01. The Balaban J connectivity index is 4.19. The lowest BCUT2D eigenvalue weighted by Gasteiger charge is -1.87. The average Bonchev–Trinajstić information content (AvgIpc) is 1.82. The number of hydrogen-bond donors (Lipinski definition) is 1. The Hall–Kier alpha value is -0.760. The molecule has 0 unspecified atom stereocenters. The van der Waals surface area contributed by atoms with Crippen LogP contribution in [-0.2, 0) is 4.79 Å². The number of aliphatic carboxylic acids is 1. The van der Waals surface area contributed by atoms with Crippen LogP contribution in [0.15, 0.2) is 22.8 Å². The highest BCUT2D eigenvalue weighted by atomic mass is 35.5. The fourth-order valence-corrected chi connectivity index (χ4v) is 0.374. The third kappa shape index (κ3) is 4.15. The summed E-state index contributed by atoms with van der Waals surface area (Å²) in [4.78, 5) is 10.2. The minimum atomic E-state index is -0.922. The van der Waals surface area contributed by atoms with Gasteiger partial charge in [-0.1, -0.05) is 17.7 Å². The van der Waals surface area contributed by atoms with Crippen molar-refractivity contribution in [2.24, 2.45) is 0 Å². The average molecular weight is 161 g/mol. The van der Waals surface area contributed by atoms with E-state index in [0.29, 0.717) is 5.03 Å². The summed E-state index contributed by atoms with van der Waals surface area (Å²) in [5.74, 6) is -0.922. The van der Waals surface area contributed by atoms with Gasteiger partial charge in [0.1, 0.15) is 0 Å². The van der Waals surface area contributed by atoms with Crippen molar-refractivity contribution in [1.82, 2.24) is 0 Å². The van der Waals surface area contributed by atoms with Crippen molar-refractivity contribution < 1.29 is 9.90 Å². The van der Waals surface area contributed by atoms with Gasteiger partial charge < -0.3 is 5.11 Å². The molecule has 0 spiro atoms. The molecule has 0 bridgehead atoms. The molecule has 0 aromatic rings. The molecule has 0 saturated carbocycles. The minimum Gasteiger partial charge on any atom is -0.478 e. The molecule has 2 nitrogen and oxygen atoms in total. The molecule has 0 amide bonds. The Morgan fingerprint density at radius 1 is 1.40 bits per heavy atom. The zero-order valence-corrected chi connectivity index (χ0v) is 6.64. The van der Waals surface area contributed by atoms with Gasteiger partial charge in [0.05, 0.1) is 0 Å². The van der Waals surface area contributed by atoms with Crippen LogP contribution in [0.1, 0.15) is 13.8 Å². The fraction of sp³-hybridized carbons (Fsp3) is 0.286. The summed E-state index contributed by atoms with van der Waals surface area (Å²) in [5, 5.41) is 8.92. The summed E-state index contributed by atoms with van der Waals surface area (Å²) in [6.45, 7) is 3.20. The fourth-order valence-electron chi connectivity index (χ4n) is 0.311. The Morgan fingerprint density at radius 3 is 2.20 bits per heavy atom. The number of hydrogen-bond acceptors (Lipinski definition) is 1. The second-order valence-corrected chi connectivity index (χ2v) is 2.50. The maximum absolute atomic E-state index is 10.2. The third-order valence-corrected chi connectivity index (χ3v) is 1.03. The van der Waals surface area contributed by atoms with Crippen molar-refractivity contribution in [3.63, 3.8) is 0 Å². The van der Waals surface area contributed by atoms with Crippen molar-refractivity contribution in [3.05, 3.63) is 22.8 Å². The number of carboxylic acid groups (broad SMARTS) is 1. The molecule has 0 aliphatic rings. The lowest BCUT2D eigenvalue weighted by Crippen LogP contribution is -1.94. The molecule has 0 heterocycles. The van der Waals surface area contributed by atoms with Gasteiger partial charge in [-0.25, -0.2) is 4.79 Å². The van der Waals surface area contributed by atoms with Gasteiger partial charge in [-0.05, 0) is 19.9 Å². The Labute approximate surface area is 64.8 Å². The van der Waals surface area contributed by atoms with Gasteiger partial charge in [0.15, 0.2) is 0 Å². The van der Waals surface area contributed by atoms with Crippen molar-refractivity contribution in [2.75, 3.05) is 0 Å². The van der Waals surface area contributed by atoms with Crippen LogP contribution >= 0.6 is 11.6 Å². The van der Waals surface area contributed by atoms with Crippen molar-refractivity contribution in [1.29, 1.82) is 0 Å². The second kappa shape index (κ2) is 4.12. The third-order valence-electron chi connectivity index (χ3n) is 0.900. The van der Waals surface area contributed by atoms with Gasteiger partial charge in [-0.15, -0.1) is 0 Å². The van der Waals surface area contributed by atoms with Crippen molar-refractivity contribution >= 4 is 17.6 Å². The highest BCUT2D eigenvalue weighted by Crippen LogP contribution is 2.00. The zero-order valence-electron chi connectivity index (χ0n) is 5.89. The molecule has 0 fully saturated rings. The molecule has 0 aromatic heterocycles. The number of carbonyl (C=O) groups is 1. The first-order valence-electron chi connectivity index (χ1n) is 2.78. The van der Waals surface area contributed by atoms with E-state index in [-0.39, 0.29) is 5.57 Å². The standard InChI is InChI=1S/C7H9ClO2/c1-5(7(9)10)3-4-6(2)8/h3-4H,1-2H3,(H,9,10)/b5-3+,6-4+. The van der Waals surface area contributed by atoms with E-state index in [4.69, 9.17) is 16.7 Å². The molecule has 0 aliphatic heterocycles. The monoisotopic (exact) mass is 160 g/mol. The second-order valence-electron chi connectivity index (χ2n) is 1.91. The van der Waals surface area contributed by atoms with E-state index in [1.54, 1.807) is 13.0 Å². The highest BCUT2D eigenvalue weighted by molar-refractivity contribution is 6.29. The maximum Gasteiger partial charge on any atom is 0.331 e. The molecule has 1 N–H and O–H groups in total. The van der Waals surface area contributed by atoms with Crippen LogP contribution in [0.3, 0.4) is 0 Å². The molecule has 10 heavy (non-hydrogen) atoms. The van der Waals surface area contributed by atoms with Crippen LogP contribution in [0.2, 0.25) is 0 Å². The molecular formula is C7H9ClO2. The first-order valence-corrected chi connectivity index (χ1v) is 3.16. The number of carboxylic acids is 1. The van der Waals surface area contributed by atoms with Gasteiger partial charge in [0.2, 0.25) is 0 Å². The summed E-state index contributed by atoms with van der Waals surface area (Å²) in [6, 6.07) is 0. The maximum atomic E-state index is 10.2. The molecule has 0 radical (unpaired) electrons. The Morgan fingerprint density at radius 2 is 1.90 bits per heavy atom. The van der Waals surface area contributed by atoms with Crippen LogP contribution in [0.25, 0.3) is 0 Å². The molecule has 0 aliphatic carbocycles. The first-order chi connectivity index (χ1) is 4.54. The zero-order chi connectivity index (χ0) is 8.15. The summed E-state index contributed by atoms with van der Waals surface area (Å²) in [7, 11) is 0. The largest absolute Gasteiger partial charge is 0.478 e. The topological polar surface area (TPSA) is 37.3 Å². The number of rotatable bonds is 2. The predicted molar refractivity (Wildman–Crippen MR) is 41.0 cm³/mol. The summed E-state index contributed by atoms with van der Waals surface area (Å²) >= 11 is 5.45. The van der Waals surface area contributed by atoms with E-state index in [0.717, 1.165) is 0 Å².